The van der Waals surface area contributed by atoms with Crippen LogP contribution in [0.4, 0.5) is 4.79 Å². The Morgan fingerprint density at radius 3 is 2.62 bits per heavy atom. The molecule has 0 bridgehead atoms. The summed E-state index contributed by atoms with van der Waals surface area (Å²) in [7, 11) is 0. The lowest BCUT2D eigenvalue weighted by atomic mass is 10.0. The van der Waals surface area contributed by atoms with Crippen LogP contribution in [0.5, 0.6) is 0 Å². The largest absolute Gasteiger partial charge is 0.445 e. The van der Waals surface area contributed by atoms with Gasteiger partial charge in [0.15, 0.2) is 0 Å². The maximum absolute atomic E-state index is 11.6. The maximum Gasteiger partial charge on any atom is 0.407 e. The van der Waals surface area contributed by atoms with Crippen molar-refractivity contribution in [3.63, 3.8) is 0 Å². The molecule has 3 N–H and O–H groups in total. The number of aliphatic hydroxyl groups is 2. The topological polar surface area (TPSA) is 78.8 Å². The van der Waals surface area contributed by atoms with Gasteiger partial charge in [-0.05, 0) is 29.3 Å². The summed E-state index contributed by atoms with van der Waals surface area (Å²) < 4.78 is 5.65. The van der Waals surface area contributed by atoms with Gasteiger partial charge in [-0.2, -0.15) is 0 Å². The molecular weight excluding hydrogens is 398 g/mol. The number of hydrogen-bond donors (Lipinski definition) is 3. The summed E-state index contributed by atoms with van der Waals surface area (Å²) in [4.78, 5) is 11.6. The number of benzene rings is 2. The van der Waals surface area contributed by atoms with Gasteiger partial charge in [0.05, 0.1) is 0 Å². The molecule has 1 amide bonds. The first kappa shape index (κ1) is 18.7. The van der Waals surface area contributed by atoms with Crippen LogP contribution in [-0.2, 0) is 11.3 Å². The van der Waals surface area contributed by atoms with Gasteiger partial charge in [-0.25, -0.2) is 4.79 Å². The maximum atomic E-state index is 11.6. The molecule has 0 aromatic heterocycles. The Kier molecular flexibility index (Phi) is 7.05. The van der Waals surface area contributed by atoms with Gasteiger partial charge in [0.2, 0.25) is 0 Å². The Hall–Kier alpha value is -1.60. The quantitative estimate of drug-likeness (QED) is 0.677. The number of carbonyl (C=O) groups is 1. The van der Waals surface area contributed by atoms with Crippen molar-refractivity contribution in [3.05, 3.63) is 69.2 Å². The Balaban J connectivity index is 1.82. The summed E-state index contributed by atoms with van der Waals surface area (Å²) in [6.45, 7) is -0.0289. The molecule has 0 fully saturated rings. The first-order valence-corrected chi connectivity index (χ1v) is 8.40. The number of carbonyl (C=O) groups excluding carboxylic acids is 1. The molecule has 0 aliphatic rings. The van der Waals surface area contributed by atoms with Crippen molar-refractivity contribution in [1.29, 1.82) is 0 Å². The van der Waals surface area contributed by atoms with Crippen molar-refractivity contribution < 1.29 is 19.7 Å². The predicted molar refractivity (Wildman–Crippen MR) is 94.7 cm³/mol. The predicted octanol–water partition coefficient (Wildman–Crippen LogP) is 3.42. The Bertz CT molecular complexity index is 684. The molecule has 24 heavy (non-hydrogen) atoms. The SMILES string of the molecule is O=C(NCC(O)C(O)c1cc(Cl)ccc1Br)OCc1ccccc1. The van der Waals surface area contributed by atoms with Gasteiger partial charge in [-0.15, -0.1) is 0 Å². The summed E-state index contributed by atoms with van der Waals surface area (Å²) in [6.07, 6.45) is -3.08. The van der Waals surface area contributed by atoms with E-state index in [0.717, 1.165) is 5.56 Å². The van der Waals surface area contributed by atoms with Crippen LogP contribution in [0, 0.1) is 0 Å². The van der Waals surface area contributed by atoms with E-state index in [-0.39, 0.29) is 13.2 Å². The minimum Gasteiger partial charge on any atom is -0.445 e. The summed E-state index contributed by atoms with van der Waals surface area (Å²) >= 11 is 9.18. The van der Waals surface area contributed by atoms with E-state index in [4.69, 9.17) is 16.3 Å². The van der Waals surface area contributed by atoms with Gasteiger partial charge in [0.25, 0.3) is 0 Å². The van der Waals surface area contributed by atoms with E-state index < -0.39 is 18.3 Å². The normalized spacial score (nSPS) is 13.2. The molecule has 7 heteroatoms. The molecule has 2 unspecified atom stereocenters. The second-order valence-electron chi connectivity index (χ2n) is 5.12. The lowest BCUT2D eigenvalue weighted by Crippen LogP contribution is -2.35. The summed E-state index contributed by atoms with van der Waals surface area (Å²) in [5.74, 6) is 0. The number of ether oxygens (including phenoxy) is 1. The van der Waals surface area contributed by atoms with Gasteiger partial charge in [-0.1, -0.05) is 57.9 Å². The summed E-state index contributed by atoms with van der Waals surface area (Å²) in [5, 5.41) is 23.1. The van der Waals surface area contributed by atoms with Crippen LogP contribution in [0.25, 0.3) is 0 Å². The summed E-state index contributed by atoms with van der Waals surface area (Å²) in [6, 6.07) is 14.1. The highest BCUT2D eigenvalue weighted by atomic mass is 79.9. The molecule has 5 nitrogen and oxygen atoms in total. The second kappa shape index (κ2) is 9.03. The van der Waals surface area contributed by atoms with Crippen LogP contribution in [0.2, 0.25) is 5.02 Å². The van der Waals surface area contributed by atoms with Crippen LogP contribution in [0.1, 0.15) is 17.2 Å². The zero-order valence-corrected chi connectivity index (χ0v) is 15.0. The smallest absolute Gasteiger partial charge is 0.407 e. The van der Waals surface area contributed by atoms with Crippen molar-refractivity contribution in [1.82, 2.24) is 5.32 Å². The second-order valence-corrected chi connectivity index (χ2v) is 6.41. The van der Waals surface area contributed by atoms with Crippen molar-refractivity contribution >= 4 is 33.6 Å². The first-order chi connectivity index (χ1) is 11.5. The molecule has 0 heterocycles. The fourth-order valence-corrected chi connectivity index (χ4v) is 2.68. The number of rotatable bonds is 6. The van der Waals surface area contributed by atoms with E-state index in [1.807, 2.05) is 30.3 Å². The molecular formula is C17H17BrClNO4. The van der Waals surface area contributed by atoms with Gasteiger partial charge in [0, 0.05) is 16.0 Å². The van der Waals surface area contributed by atoms with E-state index in [0.29, 0.717) is 15.1 Å². The third kappa shape index (κ3) is 5.49. The van der Waals surface area contributed by atoms with Crippen LogP contribution < -0.4 is 5.32 Å². The van der Waals surface area contributed by atoms with Crippen LogP contribution in [-0.4, -0.2) is 29.0 Å². The zero-order valence-electron chi connectivity index (χ0n) is 12.7. The highest BCUT2D eigenvalue weighted by molar-refractivity contribution is 9.10. The average Bonchev–Trinajstić information content (AvgIpc) is 2.60. The molecule has 0 spiro atoms. The van der Waals surface area contributed by atoms with E-state index in [2.05, 4.69) is 21.2 Å². The van der Waals surface area contributed by atoms with Crippen LogP contribution in [0.3, 0.4) is 0 Å². The number of hydrogen-bond acceptors (Lipinski definition) is 4. The average molecular weight is 415 g/mol. The monoisotopic (exact) mass is 413 g/mol. The zero-order chi connectivity index (χ0) is 17.5. The molecule has 128 valence electrons. The molecule has 2 aromatic rings. The summed E-state index contributed by atoms with van der Waals surface area (Å²) in [5.41, 5.74) is 1.30. The Morgan fingerprint density at radius 2 is 1.92 bits per heavy atom. The number of amides is 1. The molecule has 2 rings (SSSR count). The molecule has 0 aliphatic carbocycles. The van der Waals surface area contributed by atoms with Gasteiger partial charge in [0.1, 0.15) is 18.8 Å². The third-order valence-corrected chi connectivity index (χ3v) is 4.27. The van der Waals surface area contributed by atoms with Crippen molar-refractivity contribution in [2.45, 2.75) is 18.8 Å². The number of nitrogens with one attached hydrogen (secondary N) is 1. The Morgan fingerprint density at radius 1 is 1.21 bits per heavy atom. The highest BCUT2D eigenvalue weighted by Gasteiger charge is 2.21. The standard InChI is InChI=1S/C17H17BrClNO4/c18-14-7-6-12(19)8-13(14)16(22)15(21)9-20-17(23)24-10-11-4-2-1-3-5-11/h1-8,15-16,21-22H,9-10H2,(H,20,23). The lowest BCUT2D eigenvalue weighted by molar-refractivity contribution is 0.0180. The molecule has 0 aliphatic heterocycles. The number of halogens is 2. The minimum atomic E-state index is -1.20. The van der Waals surface area contributed by atoms with Crippen molar-refractivity contribution in [2.24, 2.45) is 0 Å². The lowest BCUT2D eigenvalue weighted by Gasteiger charge is -2.20. The van der Waals surface area contributed by atoms with Crippen LogP contribution >= 0.6 is 27.5 Å². The fourth-order valence-electron chi connectivity index (χ4n) is 2.02. The Labute approximate surface area is 153 Å². The molecule has 2 aromatic carbocycles. The molecule has 0 saturated heterocycles. The van der Waals surface area contributed by atoms with E-state index in [9.17, 15) is 15.0 Å². The highest BCUT2D eigenvalue weighted by Crippen LogP contribution is 2.28. The van der Waals surface area contributed by atoms with Crippen molar-refractivity contribution in [3.8, 4) is 0 Å². The number of aliphatic hydroxyl groups excluding tert-OH is 2. The van der Waals surface area contributed by atoms with Gasteiger partial charge >= 0.3 is 6.09 Å². The minimum absolute atomic E-state index is 0.130. The molecule has 0 radical (unpaired) electrons. The third-order valence-electron chi connectivity index (χ3n) is 3.31. The molecule has 0 saturated carbocycles. The van der Waals surface area contributed by atoms with Crippen LogP contribution in [0.15, 0.2) is 53.0 Å². The van der Waals surface area contributed by atoms with Gasteiger partial charge in [-0.3, -0.25) is 0 Å². The fraction of sp³-hybridized carbons (Fsp3) is 0.235. The van der Waals surface area contributed by atoms with E-state index >= 15 is 0 Å². The van der Waals surface area contributed by atoms with Gasteiger partial charge < -0.3 is 20.3 Å². The number of alkyl carbamates (subject to hydrolysis) is 1. The van der Waals surface area contributed by atoms with Crippen molar-refractivity contribution in [2.75, 3.05) is 6.54 Å². The molecule has 2 atom stereocenters. The van der Waals surface area contributed by atoms with E-state index in [1.54, 1.807) is 18.2 Å². The van der Waals surface area contributed by atoms with E-state index in [1.165, 1.54) is 0 Å². The first-order valence-electron chi connectivity index (χ1n) is 7.23.